The van der Waals surface area contributed by atoms with E-state index in [-0.39, 0.29) is 23.8 Å². The second-order valence-electron chi connectivity index (χ2n) is 7.41. The molecule has 1 aromatic heterocycles. The maximum atomic E-state index is 13.0. The van der Waals surface area contributed by atoms with Gasteiger partial charge < -0.3 is 4.90 Å². The van der Waals surface area contributed by atoms with Crippen molar-refractivity contribution < 1.29 is 9.59 Å². The fraction of sp³-hybridized carbons (Fsp3) is 0.350. The van der Waals surface area contributed by atoms with Gasteiger partial charge in [-0.1, -0.05) is 22.0 Å². The maximum absolute atomic E-state index is 13.0. The molecule has 0 saturated heterocycles. The van der Waals surface area contributed by atoms with Crippen LogP contribution in [-0.4, -0.2) is 41.3 Å². The second-order valence-corrected chi connectivity index (χ2v) is 8.33. The van der Waals surface area contributed by atoms with Crippen LogP contribution in [0.15, 0.2) is 41.0 Å². The first-order chi connectivity index (χ1) is 12.6. The third kappa shape index (κ3) is 2.39. The molecule has 5 rings (SSSR count). The van der Waals surface area contributed by atoms with Gasteiger partial charge in [0.15, 0.2) is 0 Å². The van der Waals surface area contributed by atoms with Crippen molar-refractivity contribution in [3.05, 3.63) is 57.7 Å². The van der Waals surface area contributed by atoms with E-state index in [0.29, 0.717) is 13.1 Å². The van der Waals surface area contributed by atoms with E-state index in [9.17, 15) is 9.59 Å². The van der Waals surface area contributed by atoms with Crippen molar-refractivity contribution in [3.8, 4) is 0 Å². The lowest BCUT2D eigenvalue weighted by Crippen LogP contribution is -2.48. The Labute approximate surface area is 160 Å². The molecule has 1 aliphatic carbocycles. The standard InChI is InChI=1S/C20H18BrN3O2/c21-14-3-4-15-16(10-14)20(6-7-20)12-23(19(15)26)11-17(25)24-9-5-13-2-1-8-22-18(13)24/h1-4,8,10H,5-7,9,11-12H2. The molecule has 2 aliphatic heterocycles. The number of benzene rings is 1. The zero-order chi connectivity index (χ0) is 17.9. The summed E-state index contributed by atoms with van der Waals surface area (Å²) in [5.74, 6) is 0.651. The highest BCUT2D eigenvalue weighted by Gasteiger charge is 2.51. The summed E-state index contributed by atoms with van der Waals surface area (Å²) in [6.45, 7) is 1.39. The van der Waals surface area contributed by atoms with Crippen molar-refractivity contribution in [1.29, 1.82) is 0 Å². The number of halogens is 1. The van der Waals surface area contributed by atoms with Crippen molar-refractivity contribution in [3.63, 3.8) is 0 Å². The lowest BCUT2D eigenvalue weighted by Gasteiger charge is -2.35. The lowest BCUT2D eigenvalue weighted by molar-refractivity contribution is -0.119. The Hall–Kier alpha value is -2.21. The fourth-order valence-corrected chi connectivity index (χ4v) is 4.60. The van der Waals surface area contributed by atoms with Gasteiger partial charge in [0.1, 0.15) is 12.4 Å². The molecule has 5 nitrogen and oxygen atoms in total. The first-order valence-electron chi connectivity index (χ1n) is 8.91. The summed E-state index contributed by atoms with van der Waals surface area (Å²) < 4.78 is 1.000. The van der Waals surface area contributed by atoms with Crippen molar-refractivity contribution in [2.75, 3.05) is 24.5 Å². The van der Waals surface area contributed by atoms with E-state index in [1.807, 2.05) is 24.3 Å². The van der Waals surface area contributed by atoms with Crippen LogP contribution in [0.25, 0.3) is 0 Å². The summed E-state index contributed by atoms with van der Waals surface area (Å²) in [5.41, 5.74) is 3.01. The number of nitrogens with zero attached hydrogens (tertiary/aromatic N) is 3. The number of fused-ring (bicyclic) bond motifs is 3. The van der Waals surface area contributed by atoms with Crippen LogP contribution < -0.4 is 4.90 Å². The van der Waals surface area contributed by atoms with Crippen LogP contribution in [-0.2, 0) is 16.6 Å². The molecule has 0 bridgehead atoms. The van der Waals surface area contributed by atoms with Crippen LogP contribution in [0.1, 0.15) is 34.3 Å². The van der Waals surface area contributed by atoms with Crippen molar-refractivity contribution in [2.24, 2.45) is 0 Å². The van der Waals surface area contributed by atoms with Crippen molar-refractivity contribution in [1.82, 2.24) is 9.88 Å². The number of anilines is 1. The highest BCUT2D eigenvalue weighted by atomic mass is 79.9. The number of carbonyl (C=O) groups excluding carboxylic acids is 2. The summed E-state index contributed by atoms with van der Waals surface area (Å²) in [6, 6.07) is 9.76. The molecule has 2 aromatic rings. The van der Waals surface area contributed by atoms with Gasteiger partial charge in [0.05, 0.1) is 0 Å². The minimum atomic E-state index is -0.0489. The predicted molar refractivity (Wildman–Crippen MR) is 101 cm³/mol. The molecule has 1 saturated carbocycles. The van der Waals surface area contributed by atoms with Gasteiger partial charge in [-0.3, -0.25) is 14.5 Å². The summed E-state index contributed by atoms with van der Waals surface area (Å²) in [6.07, 6.45) is 4.68. The molecule has 6 heteroatoms. The number of rotatable bonds is 2. The smallest absolute Gasteiger partial charge is 0.254 e. The first-order valence-corrected chi connectivity index (χ1v) is 9.70. The predicted octanol–water partition coefficient (Wildman–Crippen LogP) is 2.92. The fourth-order valence-electron chi connectivity index (χ4n) is 4.24. The molecule has 0 N–H and O–H groups in total. The molecule has 0 unspecified atom stereocenters. The van der Waals surface area contributed by atoms with Crippen LogP contribution in [0.3, 0.4) is 0 Å². The third-order valence-corrected chi connectivity index (χ3v) is 6.27. The summed E-state index contributed by atoms with van der Waals surface area (Å²) in [4.78, 5) is 33.7. The highest BCUT2D eigenvalue weighted by molar-refractivity contribution is 9.10. The summed E-state index contributed by atoms with van der Waals surface area (Å²) in [5, 5.41) is 0. The molecule has 0 atom stereocenters. The number of pyridine rings is 1. The molecule has 1 fully saturated rings. The zero-order valence-corrected chi connectivity index (χ0v) is 15.8. The van der Waals surface area contributed by atoms with Gasteiger partial charge in [0.2, 0.25) is 5.91 Å². The average Bonchev–Trinajstić information content (AvgIpc) is 3.28. The molecule has 3 heterocycles. The van der Waals surface area contributed by atoms with Gasteiger partial charge in [-0.15, -0.1) is 0 Å². The number of hydrogen-bond donors (Lipinski definition) is 0. The van der Waals surface area contributed by atoms with Crippen LogP contribution in [0.5, 0.6) is 0 Å². The van der Waals surface area contributed by atoms with E-state index in [1.165, 1.54) is 0 Å². The molecule has 1 aromatic carbocycles. The number of amides is 2. The molecule has 132 valence electrons. The molecule has 0 radical (unpaired) electrons. The van der Waals surface area contributed by atoms with Crippen LogP contribution >= 0.6 is 15.9 Å². The van der Waals surface area contributed by atoms with E-state index >= 15 is 0 Å². The second kappa shape index (κ2) is 5.64. The van der Waals surface area contributed by atoms with Crippen molar-refractivity contribution >= 4 is 33.6 Å². The Balaban J connectivity index is 1.41. The van der Waals surface area contributed by atoms with Crippen LogP contribution in [0.4, 0.5) is 5.82 Å². The monoisotopic (exact) mass is 411 g/mol. The van der Waals surface area contributed by atoms with E-state index in [4.69, 9.17) is 0 Å². The molecule has 1 spiro atoms. The molecule has 26 heavy (non-hydrogen) atoms. The Morgan fingerprint density at radius 3 is 2.92 bits per heavy atom. The third-order valence-electron chi connectivity index (χ3n) is 5.77. The van der Waals surface area contributed by atoms with Crippen LogP contribution in [0, 0.1) is 0 Å². The summed E-state index contributed by atoms with van der Waals surface area (Å²) in [7, 11) is 0. The van der Waals surface area contributed by atoms with Gasteiger partial charge in [-0.25, -0.2) is 4.98 Å². The van der Waals surface area contributed by atoms with Gasteiger partial charge in [0, 0.05) is 34.7 Å². The minimum absolute atomic E-state index is 0.0362. The Morgan fingerprint density at radius 1 is 1.27 bits per heavy atom. The van der Waals surface area contributed by atoms with Gasteiger partial charge >= 0.3 is 0 Å². The molecule has 2 amide bonds. The SMILES string of the molecule is O=C1c2ccc(Br)cc2C2(CC2)CN1CC(=O)N1CCc2cccnc21. The number of hydrogen-bond acceptors (Lipinski definition) is 3. The number of aromatic nitrogens is 1. The van der Waals surface area contributed by atoms with Gasteiger partial charge in [0.25, 0.3) is 5.91 Å². The Morgan fingerprint density at radius 2 is 2.12 bits per heavy atom. The quantitative estimate of drug-likeness (QED) is 0.763. The molecular weight excluding hydrogens is 394 g/mol. The minimum Gasteiger partial charge on any atom is -0.328 e. The van der Waals surface area contributed by atoms with Crippen LogP contribution in [0.2, 0.25) is 0 Å². The topological polar surface area (TPSA) is 53.5 Å². The van der Waals surface area contributed by atoms with E-state index in [0.717, 1.165) is 46.2 Å². The normalized spacial score (nSPS) is 19.5. The van der Waals surface area contributed by atoms with Crippen molar-refractivity contribution in [2.45, 2.75) is 24.7 Å². The average molecular weight is 412 g/mol. The molecule has 3 aliphatic rings. The zero-order valence-electron chi connectivity index (χ0n) is 14.2. The highest BCUT2D eigenvalue weighted by Crippen LogP contribution is 2.52. The van der Waals surface area contributed by atoms with E-state index in [2.05, 4.69) is 27.0 Å². The summed E-state index contributed by atoms with van der Waals surface area (Å²) >= 11 is 3.51. The molecular formula is C20H18BrN3O2. The Bertz CT molecular complexity index is 938. The van der Waals surface area contributed by atoms with E-state index < -0.39 is 0 Å². The van der Waals surface area contributed by atoms with Gasteiger partial charge in [-0.05, 0) is 54.7 Å². The number of carbonyl (C=O) groups is 2. The Kier molecular flexibility index (Phi) is 3.47. The first kappa shape index (κ1) is 16.0. The van der Waals surface area contributed by atoms with E-state index in [1.54, 1.807) is 16.0 Å². The maximum Gasteiger partial charge on any atom is 0.254 e. The van der Waals surface area contributed by atoms with Gasteiger partial charge in [-0.2, -0.15) is 0 Å². The lowest BCUT2D eigenvalue weighted by atomic mass is 9.86. The largest absolute Gasteiger partial charge is 0.328 e.